The minimum absolute atomic E-state index is 0.0619. The number of rotatable bonds is 8. The molecule has 0 radical (unpaired) electrons. The molecule has 4 nitrogen and oxygen atoms in total. The van der Waals surface area contributed by atoms with Crippen LogP contribution in [0.2, 0.25) is 0 Å². The third-order valence-electron chi connectivity index (χ3n) is 2.79. The van der Waals surface area contributed by atoms with Crippen LogP contribution in [0.3, 0.4) is 0 Å². The smallest absolute Gasteiger partial charge is 0.306 e. The lowest BCUT2D eigenvalue weighted by atomic mass is 9.96. The first-order valence-electron chi connectivity index (χ1n) is 5.99. The van der Waals surface area contributed by atoms with Crippen LogP contribution in [0.4, 0.5) is 0 Å². The van der Waals surface area contributed by atoms with Crippen molar-refractivity contribution < 1.29 is 19.4 Å². The summed E-state index contributed by atoms with van der Waals surface area (Å²) in [4.78, 5) is 22.0. The van der Waals surface area contributed by atoms with Gasteiger partial charge >= 0.3 is 11.9 Å². The van der Waals surface area contributed by atoms with E-state index in [4.69, 9.17) is 9.84 Å². The molecule has 0 unspecified atom stereocenters. The third-order valence-corrected chi connectivity index (χ3v) is 2.79. The van der Waals surface area contributed by atoms with E-state index in [1.807, 2.05) is 6.92 Å². The molecule has 0 spiro atoms. The van der Waals surface area contributed by atoms with Crippen LogP contribution >= 0.6 is 0 Å². The fraction of sp³-hybridized carbons (Fsp3) is 0.833. The zero-order valence-corrected chi connectivity index (χ0v) is 9.78. The second-order valence-electron chi connectivity index (χ2n) is 4.58. The summed E-state index contributed by atoms with van der Waals surface area (Å²) in [5.74, 6) is -0.595. The number of aliphatic carboxylic acids is 1. The van der Waals surface area contributed by atoms with Gasteiger partial charge in [0.25, 0.3) is 0 Å². The number of esters is 1. The van der Waals surface area contributed by atoms with Crippen molar-refractivity contribution in [1.82, 2.24) is 0 Å². The van der Waals surface area contributed by atoms with Crippen LogP contribution in [-0.4, -0.2) is 23.7 Å². The van der Waals surface area contributed by atoms with Crippen molar-refractivity contribution in [2.75, 3.05) is 6.61 Å². The summed E-state index contributed by atoms with van der Waals surface area (Å²) in [6, 6.07) is 0. The van der Waals surface area contributed by atoms with Gasteiger partial charge in [-0.15, -0.1) is 0 Å². The average Bonchev–Trinajstić information content (AvgIpc) is 2.97. The normalized spacial score (nSPS) is 16.8. The number of hydrogen-bond acceptors (Lipinski definition) is 3. The molecule has 1 N–H and O–H groups in total. The Hall–Kier alpha value is -1.06. The summed E-state index contributed by atoms with van der Waals surface area (Å²) in [6.45, 7) is 2.51. The van der Waals surface area contributed by atoms with E-state index in [-0.39, 0.29) is 24.7 Å². The molecule has 1 saturated carbocycles. The molecule has 0 aliphatic heterocycles. The quantitative estimate of drug-likeness (QED) is 0.647. The topological polar surface area (TPSA) is 63.6 Å². The Bertz CT molecular complexity index is 245. The van der Waals surface area contributed by atoms with Crippen LogP contribution in [0, 0.1) is 11.8 Å². The van der Waals surface area contributed by atoms with Crippen LogP contribution in [-0.2, 0) is 14.3 Å². The van der Waals surface area contributed by atoms with E-state index in [9.17, 15) is 9.59 Å². The van der Waals surface area contributed by atoms with Crippen LogP contribution in [0.1, 0.15) is 45.4 Å². The third kappa shape index (κ3) is 5.73. The zero-order valence-electron chi connectivity index (χ0n) is 9.78. The van der Waals surface area contributed by atoms with Gasteiger partial charge in [-0.25, -0.2) is 0 Å². The molecule has 1 aliphatic rings. The standard InChI is InChI=1S/C12H20O4/c1-2-3-10(6-11(13)14)7-12(15)16-8-9-4-5-9/h9-10H,2-8H2,1H3,(H,13,14)/t10-/m0/s1. The molecule has 0 bridgehead atoms. The van der Waals surface area contributed by atoms with Crippen LogP contribution in [0.5, 0.6) is 0 Å². The van der Waals surface area contributed by atoms with Gasteiger partial charge in [0, 0.05) is 12.8 Å². The minimum Gasteiger partial charge on any atom is -0.481 e. The Labute approximate surface area is 96.0 Å². The molecule has 0 saturated heterocycles. The van der Waals surface area contributed by atoms with Crippen molar-refractivity contribution in [1.29, 1.82) is 0 Å². The van der Waals surface area contributed by atoms with Crippen molar-refractivity contribution in [3.63, 3.8) is 0 Å². The molecule has 0 heterocycles. The highest BCUT2D eigenvalue weighted by Gasteiger charge is 2.24. The maximum atomic E-state index is 11.4. The monoisotopic (exact) mass is 228 g/mol. The Kier molecular flexibility index (Phi) is 5.29. The molecule has 0 aromatic carbocycles. The molecule has 0 amide bonds. The van der Waals surface area contributed by atoms with Gasteiger partial charge in [-0.2, -0.15) is 0 Å². The van der Waals surface area contributed by atoms with Gasteiger partial charge < -0.3 is 9.84 Å². The Morgan fingerprint density at radius 2 is 2.06 bits per heavy atom. The predicted molar refractivity (Wildman–Crippen MR) is 59.0 cm³/mol. The number of hydrogen-bond donors (Lipinski definition) is 1. The molecule has 1 aliphatic carbocycles. The van der Waals surface area contributed by atoms with Gasteiger partial charge in [0.05, 0.1) is 6.61 Å². The molecule has 1 rings (SSSR count). The SMILES string of the molecule is CCC[C@@H](CC(=O)O)CC(=O)OCC1CC1. The number of carbonyl (C=O) groups excluding carboxylic acids is 1. The lowest BCUT2D eigenvalue weighted by Crippen LogP contribution is -2.15. The van der Waals surface area contributed by atoms with Crippen LogP contribution < -0.4 is 0 Å². The van der Waals surface area contributed by atoms with E-state index < -0.39 is 5.97 Å². The van der Waals surface area contributed by atoms with E-state index >= 15 is 0 Å². The van der Waals surface area contributed by atoms with Crippen molar-refractivity contribution in [3.8, 4) is 0 Å². The molecule has 16 heavy (non-hydrogen) atoms. The summed E-state index contributed by atoms with van der Waals surface area (Å²) in [6.07, 6.45) is 4.28. The summed E-state index contributed by atoms with van der Waals surface area (Å²) >= 11 is 0. The van der Waals surface area contributed by atoms with Crippen molar-refractivity contribution in [3.05, 3.63) is 0 Å². The molecule has 4 heteroatoms. The van der Waals surface area contributed by atoms with E-state index in [0.717, 1.165) is 25.7 Å². The maximum absolute atomic E-state index is 11.4. The van der Waals surface area contributed by atoms with Crippen LogP contribution in [0.25, 0.3) is 0 Å². The van der Waals surface area contributed by atoms with Gasteiger partial charge in [0.1, 0.15) is 0 Å². The minimum atomic E-state index is -0.839. The lowest BCUT2D eigenvalue weighted by molar-refractivity contribution is -0.146. The summed E-state index contributed by atoms with van der Waals surface area (Å²) < 4.78 is 5.09. The fourth-order valence-electron chi connectivity index (χ4n) is 1.72. The molecular formula is C12H20O4. The van der Waals surface area contributed by atoms with E-state index in [1.54, 1.807) is 0 Å². The van der Waals surface area contributed by atoms with Gasteiger partial charge in [-0.1, -0.05) is 13.3 Å². The molecule has 92 valence electrons. The highest BCUT2D eigenvalue weighted by Crippen LogP contribution is 2.29. The average molecular weight is 228 g/mol. The summed E-state index contributed by atoms with van der Waals surface area (Å²) in [5, 5.41) is 8.70. The molecular weight excluding hydrogens is 208 g/mol. The first-order chi connectivity index (χ1) is 7.61. The van der Waals surface area contributed by atoms with E-state index in [1.165, 1.54) is 0 Å². The van der Waals surface area contributed by atoms with E-state index in [2.05, 4.69) is 0 Å². The zero-order chi connectivity index (χ0) is 12.0. The summed E-state index contributed by atoms with van der Waals surface area (Å²) in [7, 11) is 0. The number of ether oxygens (including phenoxy) is 1. The van der Waals surface area contributed by atoms with Gasteiger partial charge in [-0.3, -0.25) is 9.59 Å². The van der Waals surface area contributed by atoms with Crippen LogP contribution in [0.15, 0.2) is 0 Å². The van der Waals surface area contributed by atoms with Crippen molar-refractivity contribution >= 4 is 11.9 Å². The molecule has 0 aromatic rings. The number of carboxylic acid groups (broad SMARTS) is 1. The fourth-order valence-corrected chi connectivity index (χ4v) is 1.72. The molecule has 1 fully saturated rings. The van der Waals surface area contributed by atoms with Crippen molar-refractivity contribution in [2.45, 2.75) is 45.4 Å². The first-order valence-corrected chi connectivity index (χ1v) is 5.99. The first kappa shape index (κ1) is 13.0. The Morgan fingerprint density at radius 1 is 1.38 bits per heavy atom. The largest absolute Gasteiger partial charge is 0.481 e. The van der Waals surface area contributed by atoms with E-state index in [0.29, 0.717) is 12.5 Å². The second kappa shape index (κ2) is 6.51. The molecule has 0 aromatic heterocycles. The maximum Gasteiger partial charge on any atom is 0.306 e. The summed E-state index contributed by atoms with van der Waals surface area (Å²) in [5.41, 5.74) is 0. The van der Waals surface area contributed by atoms with Gasteiger partial charge in [-0.05, 0) is 31.1 Å². The number of carbonyl (C=O) groups is 2. The number of carboxylic acids is 1. The van der Waals surface area contributed by atoms with Crippen molar-refractivity contribution in [2.24, 2.45) is 11.8 Å². The second-order valence-corrected chi connectivity index (χ2v) is 4.58. The Balaban J connectivity index is 2.21. The molecule has 1 atom stereocenters. The van der Waals surface area contributed by atoms with Gasteiger partial charge in [0.2, 0.25) is 0 Å². The predicted octanol–water partition coefficient (Wildman–Crippen LogP) is 2.22. The lowest BCUT2D eigenvalue weighted by Gasteiger charge is -2.12. The van der Waals surface area contributed by atoms with Gasteiger partial charge in [0.15, 0.2) is 0 Å². The highest BCUT2D eigenvalue weighted by molar-refractivity contribution is 5.72. The Morgan fingerprint density at radius 3 is 2.56 bits per heavy atom. The highest BCUT2D eigenvalue weighted by atomic mass is 16.5.